The second-order valence-corrected chi connectivity index (χ2v) is 10.9. The molecule has 0 amide bonds. The Kier molecular flexibility index (Phi) is 15.5. The molecule has 0 aliphatic carbocycles. The fraction of sp³-hybridized carbons (Fsp3) is 0.211. The monoisotopic (exact) mass is 727 g/mol. The number of hydrogen-bond donors (Lipinski definition) is 4. The van der Waals surface area contributed by atoms with Crippen molar-refractivity contribution in [1.29, 1.82) is 0 Å². The minimum Gasteiger partial charge on any atom is -0.395 e. The smallest absolute Gasteiger partial charge is 0.0914 e. The van der Waals surface area contributed by atoms with Crippen LogP contribution in [0.2, 0.25) is 0 Å². The number of aliphatic hydroxyl groups excluding tert-OH is 4. The van der Waals surface area contributed by atoms with Crippen LogP contribution in [0.15, 0.2) is 122 Å². The summed E-state index contributed by atoms with van der Waals surface area (Å²) in [6.07, 6.45) is 6.90. The maximum absolute atomic E-state index is 9.33. The number of aliphatic hydroxyl groups is 4. The van der Waals surface area contributed by atoms with Crippen LogP contribution < -0.4 is 9.80 Å². The molecule has 6 aromatic heterocycles. The predicted octanol–water partition coefficient (Wildman–Crippen LogP) is 3.99. The first-order valence-electron chi connectivity index (χ1n) is 16.3. The summed E-state index contributed by atoms with van der Waals surface area (Å²) in [4.78, 5) is 30.7. The molecule has 0 aliphatic rings. The van der Waals surface area contributed by atoms with Crippen LogP contribution in [-0.2, 0) is 17.1 Å². The summed E-state index contributed by atoms with van der Waals surface area (Å²) >= 11 is 0. The van der Waals surface area contributed by atoms with E-state index in [0.717, 1.165) is 56.9 Å². The summed E-state index contributed by atoms with van der Waals surface area (Å²) < 4.78 is 0. The topological polar surface area (TPSA) is 165 Å². The maximum Gasteiger partial charge on any atom is 0.0914 e. The van der Waals surface area contributed by atoms with Crippen molar-refractivity contribution in [3.63, 3.8) is 0 Å². The maximum atomic E-state index is 9.33. The second kappa shape index (κ2) is 20.5. The third kappa shape index (κ3) is 10.9. The van der Waals surface area contributed by atoms with Crippen LogP contribution in [-0.4, -0.2) is 103 Å². The minimum absolute atomic E-state index is 0. The van der Waals surface area contributed by atoms with Gasteiger partial charge in [0.05, 0.1) is 72.0 Å². The van der Waals surface area contributed by atoms with Gasteiger partial charge >= 0.3 is 0 Å². The van der Waals surface area contributed by atoms with Crippen molar-refractivity contribution >= 4 is 11.4 Å². The Balaban J connectivity index is 0.000000224. The van der Waals surface area contributed by atoms with E-state index in [1.54, 1.807) is 24.8 Å². The number of hydrogen-bond acceptors (Lipinski definition) is 12. The van der Waals surface area contributed by atoms with Gasteiger partial charge in [0.25, 0.3) is 0 Å². The summed E-state index contributed by atoms with van der Waals surface area (Å²) in [6.45, 7) is 1.70. The molecule has 0 bridgehead atoms. The largest absolute Gasteiger partial charge is 0.395 e. The molecule has 12 nitrogen and oxygen atoms in total. The van der Waals surface area contributed by atoms with Gasteiger partial charge in [-0.1, -0.05) is 24.3 Å². The fourth-order valence-corrected chi connectivity index (χ4v) is 5.20. The Labute approximate surface area is 307 Å². The van der Waals surface area contributed by atoms with Crippen LogP contribution in [0.3, 0.4) is 0 Å². The molecule has 6 aromatic rings. The molecule has 0 aliphatic heterocycles. The summed E-state index contributed by atoms with van der Waals surface area (Å²) in [7, 11) is 0. The van der Waals surface area contributed by atoms with E-state index in [2.05, 4.69) is 19.9 Å². The second-order valence-electron chi connectivity index (χ2n) is 10.9. The minimum atomic E-state index is 0. The first kappa shape index (κ1) is 38.7. The van der Waals surface area contributed by atoms with Gasteiger partial charge in [-0.05, 0) is 72.8 Å². The van der Waals surface area contributed by atoms with Crippen LogP contribution in [0.25, 0.3) is 45.6 Å². The zero-order chi connectivity index (χ0) is 35.0. The molecule has 4 N–H and O–H groups in total. The van der Waals surface area contributed by atoms with Crippen molar-refractivity contribution in [3.8, 4) is 45.6 Å². The first-order chi connectivity index (χ1) is 24.6. The Morgan fingerprint density at radius 1 is 0.373 bits per heavy atom. The molecule has 51 heavy (non-hydrogen) atoms. The fourth-order valence-electron chi connectivity index (χ4n) is 5.20. The average Bonchev–Trinajstić information content (AvgIpc) is 3.19. The van der Waals surface area contributed by atoms with Crippen LogP contribution in [0.4, 0.5) is 11.4 Å². The quantitative estimate of drug-likeness (QED) is 0.120. The third-order valence-corrected chi connectivity index (χ3v) is 7.54. The number of anilines is 2. The van der Waals surface area contributed by atoms with Crippen LogP contribution in [0.1, 0.15) is 0 Å². The van der Waals surface area contributed by atoms with Gasteiger partial charge in [-0.25, -0.2) is 9.97 Å². The molecule has 13 heteroatoms. The molecule has 0 saturated heterocycles. The standard InChI is InChI=1S/2C19H20N4O2.Mn/c2*24-11-9-23(10-12-25)15-13-18(16-5-1-3-7-20-16)22-19(14-15)17-6-2-4-8-21-17;/h2*1-8,13-14,24-25H,9-12H2;. The SMILES string of the molecule is OCCN(CCO)c1cc(-c2ccccn2)nc(-c2ccccn2)c1.OCCN(CCO)c1cc(-c2ccccn2)nc(-c2ccccn2)c1.[Mn]. The Hall–Kier alpha value is -5.14. The molecular weight excluding hydrogens is 687 g/mol. The van der Waals surface area contributed by atoms with Crippen LogP contribution in [0.5, 0.6) is 0 Å². The Bertz CT molecular complexity index is 1610. The molecule has 0 atom stereocenters. The summed E-state index contributed by atoms with van der Waals surface area (Å²) in [5, 5.41) is 37.3. The van der Waals surface area contributed by atoms with Crippen molar-refractivity contribution < 1.29 is 37.5 Å². The molecule has 6 heterocycles. The van der Waals surface area contributed by atoms with Gasteiger partial charge in [0.2, 0.25) is 0 Å². The van der Waals surface area contributed by atoms with Gasteiger partial charge in [0.1, 0.15) is 0 Å². The van der Waals surface area contributed by atoms with E-state index < -0.39 is 0 Å². The molecular formula is C38H40MnN8O4. The van der Waals surface area contributed by atoms with Gasteiger partial charge in [-0.15, -0.1) is 0 Å². The predicted molar refractivity (Wildman–Crippen MR) is 194 cm³/mol. The van der Waals surface area contributed by atoms with Gasteiger partial charge in [-0.3, -0.25) is 19.9 Å². The first-order valence-corrected chi connectivity index (χ1v) is 16.3. The molecule has 1 radical (unpaired) electrons. The molecule has 263 valence electrons. The van der Waals surface area contributed by atoms with Gasteiger partial charge in [0.15, 0.2) is 0 Å². The van der Waals surface area contributed by atoms with Crippen LogP contribution >= 0.6 is 0 Å². The van der Waals surface area contributed by atoms with Gasteiger partial charge in [0, 0.05) is 79.4 Å². The summed E-state index contributed by atoms with van der Waals surface area (Å²) in [5.41, 5.74) is 7.64. The molecule has 0 fully saturated rings. The number of aromatic nitrogens is 6. The molecule has 6 rings (SSSR count). The van der Waals surface area contributed by atoms with E-state index >= 15 is 0 Å². The van der Waals surface area contributed by atoms with Crippen molar-refractivity contribution in [2.75, 3.05) is 62.4 Å². The average molecular weight is 728 g/mol. The van der Waals surface area contributed by atoms with E-state index in [-0.39, 0.29) is 43.5 Å². The van der Waals surface area contributed by atoms with E-state index in [1.807, 2.05) is 107 Å². The van der Waals surface area contributed by atoms with E-state index in [0.29, 0.717) is 26.2 Å². The zero-order valence-electron chi connectivity index (χ0n) is 27.9. The summed E-state index contributed by atoms with van der Waals surface area (Å²) in [5.74, 6) is 0. The Morgan fingerprint density at radius 2 is 0.627 bits per heavy atom. The van der Waals surface area contributed by atoms with Crippen molar-refractivity contribution in [2.45, 2.75) is 0 Å². The number of nitrogens with zero attached hydrogens (tertiary/aromatic N) is 8. The number of rotatable bonds is 14. The van der Waals surface area contributed by atoms with Crippen molar-refractivity contribution in [2.24, 2.45) is 0 Å². The zero-order valence-corrected chi connectivity index (χ0v) is 29.1. The summed E-state index contributed by atoms with van der Waals surface area (Å²) in [6, 6.07) is 30.3. The van der Waals surface area contributed by atoms with Gasteiger partial charge in [-0.2, -0.15) is 0 Å². The van der Waals surface area contributed by atoms with Crippen LogP contribution in [0, 0.1) is 0 Å². The normalized spacial score (nSPS) is 10.4. The third-order valence-electron chi connectivity index (χ3n) is 7.54. The van der Waals surface area contributed by atoms with Crippen molar-refractivity contribution in [3.05, 3.63) is 122 Å². The Morgan fingerprint density at radius 3 is 0.824 bits per heavy atom. The van der Waals surface area contributed by atoms with Crippen molar-refractivity contribution in [1.82, 2.24) is 29.9 Å². The molecule has 0 saturated carbocycles. The van der Waals surface area contributed by atoms with Gasteiger partial charge < -0.3 is 30.2 Å². The molecule has 0 aromatic carbocycles. The van der Waals surface area contributed by atoms with E-state index in [9.17, 15) is 20.4 Å². The number of pyridine rings is 6. The molecule has 0 spiro atoms. The molecule has 0 unspecified atom stereocenters. The van der Waals surface area contributed by atoms with E-state index in [4.69, 9.17) is 9.97 Å². The van der Waals surface area contributed by atoms with E-state index in [1.165, 1.54) is 0 Å².